The van der Waals surface area contributed by atoms with Crippen LogP contribution in [-0.4, -0.2) is 32.4 Å². The Morgan fingerprint density at radius 2 is 2.35 bits per heavy atom. The van der Waals surface area contributed by atoms with Crippen molar-refractivity contribution in [3.8, 4) is 0 Å². The van der Waals surface area contributed by atoms with E-state index in [1.807, 2.05) is 4.52 Å². The van der Waals surface area contributed by atoms with Crippen LogP contribution in [0, 0.1) is 0 Å². The minimum atomic E-state index is 0.586. The largest absolute Gasteiger partial charge is 0.314 e. The van der Waals surface area contributed by atoms with E-state index in [9.17, 15) is 0 Å². The number of piperidine rings is 1. The molecule has 92 valence electrons. The van der Waals surface area contributed by atoms with Crippen molar-refractivity contribution in [2.24, 2.45) is 0 Å². The van der Waals surface area contributed by atoms with Crippen molar-refractivity contribution in [2.75, 3.05) is 6.54 Å². The zero-order chi connectivity index (χ0) is 11.8. The summed E-state index contributed by atoms with van der Waals surface area (Å²) in [6.07, 6.45) is 3.23. The minimum Gasteiger partial charge on any atom is -0.314 e. The normalized spacial score (nSPS) is 25.5. The van der Waals surface area contributed by atoms with Crippen LogP contribution in [0.1, 0.15) is 43.4 Å². The van der Waals surface area contributed by atoms with E-state index in [0.29, 0.717) is 12.0 Å². The molecule has 1 aliphatic heterocycles. The van der Waals surface area contributed by atoms with E-state index in [4.69, 9.17) is 0 Å². The fourth-order valence-electron chi connectivity index (χ4n) is 2.41. The van der Waals surface area contributed by atoms with E-state index < -0.39 is 0 Å². The van der Waals surface area contributed by atoms with Gasteiger partial charge in [-0.2, -0.15) is 9.61 Å². The van der Waals surface area contributed by atoms with Crippen LogP contribution in [0.15, 0.2) is 0 Å². The molecule has 2 atom stereocenters. The summed E-state index contributed by atoms with van der Waals surface area (Å²) in [5.41, 5.74) is 0. The highest BCUT2D eigenvalue weighted by Gasteiger charge is 2.24. The SMILES string of the molecule is CCc1nnc2sc(C3CCNC(C)C3)nn12. The number of fused-ring (bicyclic) bond motifs is 1. The van der Waals surface area contributed by atoms with Gasteiger partial charge in [-0.05, 0) is 26.3 Å². The number of aryl methyl sites for hydroxylation is 1. The van der Waals surface area contributed by atoms with E-state index in [2.05, 4.69) is 34.5 Å². The topological polar surface area (TPSA) is 55.1 Å². The fourth-order valence-corrected chi connectivity index (χ4v) is 3.42. The number of rotatable bonds is 2. The van der Waals surface area contributed by atoms with Gasteiger partial charge in [0.15, 0.2) is 5.82 Å². The molecular formula is C11H17N5S. The van der Waals surface area contributed by atoms with Crippen molar-refractivity contribution in [3.63, 3.8) is 0 Å². The van der Waals surface area contributed by atoms with Crippen LogP contribution in [0.25, 0.3) is 4.96 Å². The van der Waals surface area contributed by atoms with Gasteiger partial charge in [0.2, 0.25) is 4.96 Å². The van der Waals surface area contributed by atoms with E-state index in [0.717, 1.165) is 23.8 Å². The second-order valence-corrected chi connectivity index (χ2v) is 5.67. The summed E-state index contributed by atoms with van der Waals surface area (Å²) in [5, 5.41) is 17.7. The maximum atomic E-state index is 4.68. The van der Waals surface area contributed by atoms with E-state index >= 15 is 0 Å². The molecule has 0 radical (unpaired) electrons. The van der Waals surface area contributed by atoms with Gasteiger partial charge < -0.3 is 5.32 Å². The van der Waals surface area contributed by atoms with Gasteiger partial charge in [0, 0.05) is 18.4 Å². The van der Waals surface area contributed by atoms with Crippen molar-refractivity contribution >= 4 is 16.3 Å². The second kappa shape index (κ2) is 4.34. The molecule has 1 aliphatic rings. The zero-order valence-corrected chi connectivity index (χ0v) is 11.0. The fraction of sp³-hybridized carbons (Fsp3) is 0.727. The van der Waals surface area contributed by atoms with Gasteiger partial charge in [0.1, 0.15) is 5.01 Å². The van der Waals surface area contributed by atoms with E-state index in [1.165, 1.54) is 17.8 Å². The molecular weight excluding hydrogens is 234 g/mol. The average molecular weight is 251 g/mol. The molecule has 2 unspecified atom stereocenters. The van der Waals surface area contributed by atoms with Gasteiger partial charge in [0.05, 0.1) is 0 Å². The van der Waals surface area contributed by atoms with Gasteiger partial charge in [-0.3, -0.25) is 0 Å². The van der Waals surface area contributed by atoms with Crippen molar-refractivity contribution in [1.82, 2.24) is 25.1 Å². The third-order valence-corrected chi connectivity index (χ3v) is 4.42. The minimum absolute atomic E-state index is 0.586. The Bertz CT molecular complexity index is 517. The van der Waals surface area contributed by atoms with E-state index in [1.54, 1.807) is 11.3 Å². The van der Waals surface area contributed by atoms with Crippen molar-refractivity contribution in [2.45, 2.75) is 45.1 Å². The third-order valence-electron chi connectivity index (χ3n) is 3.36. The Morgan fingerprint density at radius 3 is 3.12 bits per heavy atom. The number of hydrogen-bond donors (Lipinski definition) is 1. The molecule has 2 aromatic heterocycles. The molecule has 0 aliphatic carbocycles. The lowest BCUT2D eigenvalue weighted by Gasteiger charge is -2.26. The Labute approximate surface area is 104 Å². The van der Waals surface area contributed by atoms with Gasteiger partial charge in [-0.1, -0.05) is 18.3 Å². The average Bonchev–Trinajstić information content (AvgIpc) is 2.87. The smallest absolute Gasteiger partial charge is 0.234 e. The lowest BCUT2D eigenvalue weighted by Crippen LogP contribution is -2.34. The van der Waals surface area contributed by atoms with Gasteiger partial charge in [-0.15, -0.1) is 10.2 Å². The Hall–Kier alpha value is -1.01. The quantitative estimate of drug-likeness (QED) is 0.881. The molecule has 2 aromatic rings. The maximum Gasteiger partial charge on any atom is 0.234 e. The van der Waals surface area contributed by atoms with Gasteiger partial charge in [0.25, 0.3) is 0 Å². The number of nitrogens with one attached hydrogen (secondary N) is 1. The highest BCUT2D eigenvalue weighted by atomic mass is 32.1. The molecule has 0 bridgehead atoms. The molecule has 5 nitrogen and oxygen atoms in total. The molecule has 0 saturated carbocycles. The van der Waals surface area contributed by atoms with Crippen LogP contribution in [0.3, 0.4) is 0 Å². The predicted molar refractivity (Wildman–Crippen MR) is 67.5 cm³/mol. The monoisotopic (exact) mass is 251 g/mol. The molecule has 3 rings (SSSR count). The van der Waals surface area contributed by atoms with Crippen LogP contribution >= 0.6 is 11.3 Å². The maximum absolute atomic E-state index is 4.68. The Balaban J connectivity index is 1.92. The molecule has 1 fully saturated rings. The van der Waals surface area contributed by atoms with Crippen molar-refractivity contribution in [1.29, 1.82) is 0 Å². The highest BCUT2D eigenvalue weighted by Crippen LogP contribution is 2.30. The van der Waals surface area contributed by atoms with Gasteiger partial charge in [-0.25, -0.2) is 0 Å². The molecule has 0 amide bonds. The second-order valence-electron chi connectivity index (χ2n) is 4.68. The summed E-state index contributed by atoms with van der Waals surface area (Å²) in [6.45, 7) is 5.42. The lowest BCUT2D eigenvalue weighted by atomic mass is 9.94. The predicted octanol–water partition coefficient (Wildman–Crippen LogP) is 1.60. The zero-order valence-electron chi connectivity index (χ0n) is 10.2. The summed E-state index contributed by atoms with van der Waals surface area (Å²) >= 11 is 1.69. The summed E-state index contributed by atoms with van der Waals surface area (Å²) in [7, 11) is 0. The lowest BCUT2D eigenvalue weighted by molar-refractivity contribution is 0.379. The number of hydrogen-bond acceptors (Lipinski definition) is 5. The molecule has 1 saturated heterocycles. The molecule has 0 spiro atoms. The summed E-state index contributed by atoms with van der Waals surface area (Å²) in [4.78, 5) is 0.933. The Kier molecular flexibility index (Phi) is 2.84. The Morgan fingerprint density at radius 1 is 1.47 bits per heavy atom. The van der Waals surface area contributed by atoms with E-state index in [-0.39, 0.29) is 0 Å². The molecule has 3 heterocycles. The van der Waals surface area contributed by atoms with Gasteiger partial charge >= 0.3 is 0 Å². The summed E-state index contributed by atoms with van der Waals surface area (Å²) < 4.78 is 1.91. The first-order valence-corrected chi connectivity index (χ1v) is 7.04. The van der Waals surface area contributed by atoms with Crippen LogP contribution < -0.4 is 5.32 Å². The number of aromatic nitrogens is 4. The first-order chi connectivity index (χ1) is 8.28. The first kappa shape index (κ1) is 11.1. The highest BCUT2D eigenvalue weighted by molar-refractivity contribution is 7.16. The molecule has 6 heteroatoms. The summed E-state index contributed by atoms with van der Waals surface area (Å²) in [6, 6.07) is 0.591. The molecule has 0 aromatic carbocycles. The summed E-state index contributed by atoms with van der Waals surface area (Å²) in [5.74, 6) is 1.55. The van der Waals surface area contributed by atoms with Crippen molar-refractivity contribution < 1.29 is 0 Å². The first-order valence-electron chi connectivity index (χ1n) is 6.22. The molecule has 1 N–H and O–H groups in total. The number of nitrogens with zero attached hydrogens (tertiary/aromatic N) is 4. The van der Waals surface area contributed by atoms with Crippen LogP contribution in [0.4, 0.5) is 0 Å². The van der Waals surface area contributed by atoms with Crippen molar-refractivity contribution in [3.05, 3.63) is 10.8 Å². The van der Waals surface area contributed by atoms with Crippen LogP contribution in [-0.2, 0) is 6.42 Å². The standard InChI is InChI=1S/C11H17N5S/c1-3-9-13-14-11-16(9)15-10(17-11)8-4-5-12-7(2)6-8/h7-8,12H,3-6H2,1-2H3. The van der Waals surface area contributed by atoms with Crippen LogP contribution in [0.5, 0.6) is 0 Å². The molecule has 17 heavy (non-hydrogen) atoms. The van der Waals surface area contributed by atoms with Crippen LogP contribution in [0.2, 0.25) is 0 Å². The third kappa shape index (κ3) is 1.95.